The Kier molecular flexibility index (Phi) is 7.75. The molecule has 0 saturated heterocycles. The van der Waals surface area contributed by atoms with Gasteiger partial charge in [-0.15, -0.1) is 0 Å². The highest BCUT2D eigenvalue weighted by Crippen LogP contribution is 2.19. The van der Waals surface area contributed by atoms with E-state index in [1.807, 2.05) is 49.4 Å². The summed E-state index contributed by atoms with van der Waals surface area (Å²) in [6.45, 7) is 3.62. The normalized spacial score (nSPS) is 12.6. The lowest BCUT2D eigenvalue weighted by atomic mass is 10.0. The highest BCUT2D eigenvalue weighted by Gasteiger charge is 2.25. The van der Waals surface area contributed by atoms with Crippen LogP contribution in [0, 0.1) is 0 Å². The third-order valence-corrected chi connectivity index (χ3v) is 4.38. The van der Waals surface area contributed by atoms with Gasteiger partial charge in [-0.3, -0.25) is 9.59 Å². The Hall–Kier alpha value is -3.15. The van der Waals surface area contributed by atoms with Crippen LogP contribution in [0.1, 0.15) is 43.5 Å². The number of nitrogens with one attached hydrogen (secondary N) is 1. The first-order valence-electron chi connectivity index (χ1n) is 9.29. The molecule has 2 N–H and O–H groups in total. The van der Waals surface area contributed by atoms with E-state index >= 15 is 0 Å². The smallest absolute Gasteiger partial charge is 0.328 e. The van der Waals surface area contributed by atoms with Crippen LogP contribution in [0.15, 0.2) is 54.6 Å². The molecular formula is C22H25NO5. The fourth-order valence-corrected chi connectivity index (χ4v) is 2.57. The average molecular weight is 383 g/mol. The van der Waals surface area contributed by atoms with Gasteiger partial charge in [0.05, 0.1) is 6.10 Å². The van der Waals surface area contributed by atoms with E-state index < -0.39 is 23.9 Å². The van der Waals surface area contributed by atoms with Gasteiger partial charge < -0.3 is 15.2 Å². The molecule has 0 saturated carbocycles. The van der Waals surface area contributed by atoms with E-state index in [2.05, 4.69) is 5.32 Å². The molecule has 2 aromatic rings. The van der Waals surface area contributed by atoms with E-state index in [4.69, 9.17) is 9.84 Å². The second-order valence-electron chi connectivity index (χ2n) is 6.56. The number of aliphatic carboxylic acids is 1. The van der Waals surface area contributed by atoms with Crippen molar-refractivity contribution in [2.24, 2.45) is 0 Å². The Balaban J connectivity index is 2.08. The van der Waals surface area contributed by atoms with E-state index in [1.165, 1.54) is 0 Å². The van der Waals surface area contributed by atoms with E-state index in [-0.39, 0.29) is 18.9 Å². The molecule has 1 amide bonds. The summed E-state index contributed by atoms with van der Waals surface area (Å²) in [5.74, 6) is -2.11. The lowest BCUT2D eigenvalue weighted by Crippen LogP contribution is -2.43. The highest BCUT2D eigenvalue weighted by molar-refractivity contribution is 5.97. The van der Waals surface area contributed by atoms with Crippen LogP contribution in [-0.2, 0) is 14.3 Å². The lowest BCUT2D eigenvalue weighted by molar-refractivity contribution is -0.151. The van der Waals surface area contributed by atoms with Crippen LogP contribution >= 0.6 is 0 Å². The van der Waals surface area contributed by atoms with Crippen molar-refractivity contribution in [3.05, 3.63) is 60.2 Å². The van der Waals surface area contributed by atoms with Gasteiger partial charge in [-0.25, -0.2) is 4.79 Å². The standard InChI is InChI=1S/C22H25NO5/c1-3-15(2)28-22(27)19(13-14-20(24)25)23-21(26)18-11-9-17(10-12-18)16-7-5-4-6-8-16/h4-12,15,19H,3,13-14H2,1-2H3,(H,23,26)(H,24,25). The maximum absolute atomic E-state index is 12.5. The topological polar surface area (TPSA) is 92.7 Å². The molecule has 28 heavy (non-hydrogen) atoms. The predicted octanol–water partition coefficient (Wildman–Crippen LogP) is 3.66. The van der Waals surface area contributed by atoms with Gasteiger partial charge in [-0.05, 0) is 43.0 Å². The summed E-state index contributed by atoms with van der Waals surface area (Å²) in [7, 11) is 0. The summed E-state index contributed by atoms with van der Waals surface area (Å²) < 4.78 is 5.26. The van der Waals surface area contributed by atoms with Crippen LogP contribution in [0.4, 0.5) is 0 Å². The Labute approximate surface area is 164 Å². The van der Waals surface area contributed by atoms with Crippen LogP contribution in [0.25, 0.3) is 11.1 Å². The molecule has 6 nitrogen and oxygen atoms in total. The number of hydrogen-bond acceptors (Lipinski definition) is 4. The van der Waals surface area contributed by atoms with Gasteiger partial charge in [0, 0.05) is 12.0 Å². The molecule has 2 atom stereocenters. The predicted molar refractivity (Wildman–Crippen MR) is 106 cm³/mol. The van der Waals surface area contributed by atoms with Crippen molar-refractivity contribution in [3.63, 3.8) is 0 Å². The van der Waals surface area contributed by atoms with Gasteiger partial charge >= 0.3 is 11.9 Å². The van der Waals surface area contributed by atoms with E-state index in [1.54, 1.807) is 19.1 Å². The van der Waals surface area contributed by atoms with Crippen molar-refractivity contribution in [2.45, 2.75) is 45.3 Å². The number of carbonyl (C=O) groups excluding carboxylic acids is 2. The summed E-state index contributed by atoms with van der Waals surface area (Å²) in [6, 6.07) is 15.7. The van der Waals surface area contributed by atoms with Crippen LogP contribution < -0.4 is 5.32 Å². The monoisotopic (exact) mass is 383 g/mol. The third kappa shape index (κ3) is 6.23. The number of benzene rings is 2. The second kappa shape index (κ2) is 10.3. The van der Waals surface area contributed by atoms with Gasteiger partial charge in [0.25, 0.3) is 5.91 Å². The molecular weight excluding hydrogens is 358 g/mol. The number of ether oxygens (including phenoxy) is 1. The molecule has 6 heteroatoms. The van der Waals surface area contributed by atoms with E-state index in [9.17, 15) is 14.4 Å². The molecule has 0 bridgehead atoms. The largest absolute Gasteiger partial charge is 0.481 e. The quantitative estimate of drug-likeness (QED) is 0.645. The Morgan fingerprint density at radius 2 is 1.61 bits per heavy atom. The van der Waals surface area contributed by atoms with Crippen molar-refractivity contribution in [2.75, 3.05) is 0 Å². The van der Waals surface area contributed by atoms with Gasteiger partial charge in [0.2, 0.25) is 0 Å². The Morgan fingerprint density at radius 3 is 2.18 bits per heavy atom. The van der Waals surface area contributed by atoms with Crippen molar-refractivity contribution < 1.29 is 24.2 Å². The second-order valence-corrected chi connectivity index (χ2v) is 6.56. The first-order chi connectivity index (χ1) is 13.4. The Bertz CT molecular complexity index is 801. The number of amides is 1. The minimum atomic E-state index is -1.04. The molecule has 2 unspecified atom stereocenters. The zero-order chi connectivity index (χ0) is 20.5. The molecule has 0 heterocycles. The number of carbonyl (C=O) groups is 3. The summed E-state index contributed by atoms with van der Waals surface area (Å²) in [5.41, 5.74) is 2.39. The fraction of sp³-hybridized carbons (Fsp3) is 0.318. The number of hydrogen-bond donors (Lipinski definition) is 2. The fourth-order valence-electron chi connectivity index (χ4n) is 2.57. The minimum absolute atomic E-state index is 0.0293. The number of carboxylic acid groups (broad SMARTS) is 1. The maximum Gasteiger partial charge on any atom is 0.328 e. The van der Waals surface area contributed by atoms with Crippen LogP contribution in [0.2, 0.25) is 0 Å². The molecule has 0 aliphatic rings. The summed E-state index contributed by atoms with van der Waals surface area (Å²) in [5, 5.41) is 11.5. The molecule has 0 spiro atoms. The molecule has 0 fully saturated rings. The maximum atomic E-state index is 12.5. The Morgan fingerprint density at radius 1 is 1.00 bits per heavy atom. The molecule has 148 valence electrons. The lowest BCUT2D eigenvalue weighted by Gasteiger charge is -2.19. The first-order valence-corrected chi connectivity index (χ1v) is 9.29. The van der Waals surface area contributed by atoms with Crippen LogP contribution in [0.3, 0.4) is 0 Å². The summed E-state index contributed by atoms with van der Waals surface area (Å²) >= 11 is 0. The van der Waals surface area contributed by atoms with E-state index in [0.717, 1.165) is 11.1 Å². The van der Waals surface area contributed by atoms with E-state index in [0.29, 0.717) is 12.0 Å². The zero-order valence-corrected chi connectivity index (χ0v) is 16.1. The molecule has 0 aliphatic carbocycles. The molecule has 0 radical (unpaired) electrons. The van der Waals surface area contributed by atoms with Crippen molar-refractivity contribution in [1.29, 1.82) is 0 Å². The van der Waals surface area contributed by atoms with Gasteiger partial charge in [-0.1, -0.05) is 49.4 Å². The zero-order valence-electron chi connectivity index (χ0n) is 16.1. The van der Waals surface area contributed by atoms with Gasteiger partial charge in [0.15, 0.2) is 0 Å². The van der Waals surface area contributed by atoms with Crippen LogP contribution in [-0.4, -0.2) is 35.1 Å². The molecule has 0 aromatic heterocycles. The van der Waals surface area contributed by atoms with Crippen LogP contribution in [0.5, 0.6) is 0 Å². The SMILES string of the molecule is CCC(C)OC(=O)C(CCC(=O)O)NC(=O)c1ccc(-c2ccccc2)cc1. The van der Waals surface area contributed by atoms with Crippen molar-refractivity contribution >= 4 is 17.8 Å². The first kappa shape index (κ1) is 21.2. The molecule has 0 aliphatic heterocycles. The highest BCUT2D eigenvalue weighted by atomic mass is 16.5. The number of rotatable bonds is 9. The summed E-state index contributed by atoms with van der Waals surface area (Å²) in [4.78, 5) is 35.7. The van der Waals surface area contributed by atoms with Gasteiger partial charge in [-0.2, -0.15) is 0 Å². The summed E-state index contributed by atoms with van der Waals surface area (Å²) in [6.07, 6.45) is 0.0555. The number of esters is 1. The third-order valence-electron chi connectivity index (χ3n) is 4.38. The number of carboxylic acids is 1. The average Bonchev–Trinajstić information content (AvgIpc) is 2.71. The van der Waals surface area contributed by atoms with Crippen molar-refractivity contribution in [3.8, 4) is 11.1 Å². The van der Waals surface area contributed by atoms with Gasteiger partial charge in [0.1, 0.15) is 6.04 Å². The minimum Gasteiger partial charge on any atom is -0.481 e. The molecule has 2 rings (SSSR count). The molecule has 2 aromatic carbocycles. The van der Waals surface area contributed by atoms with Crippen molar-refractivity contribution in [1.82, 2.24) is 5.32 Å².